The van der Waals surface area contributed by atoms with Crippen molar-refractivity contribution in [2.45, 2.75) is 50.5 Å². The Morgan fingerprint density at radius 1 is 0.967 bits per heavy atom. The van der Waals surface area contributed by atoms with Gasteiger partial charge in [-0.25, -0.2) is 0 Å². The van der Waals surface area contributed by atoms with E-state index in [-0.39, 0.29) is 5.54 Å². The van der Waals surface area contributed by atoms with Gasteiger partial charge in [-0.15, -0.1) is 0 Å². The minimum absolute atomic E-state index is 0.241. The van der Waals surface area contributed by atoms with Gasteiger partial charge in [0.05, 0.1) is 7.11 Å². The van der Waals surface area contributed by atoms with Crippen molar-refractivity contribution in [3.63, 3.8) is 0 Å². The molecule has 1 aliphatic heterocycles. The van der Waals surface area contributed by atoms with Gasteiger partial charge in [-0.3, -0.25) is 4.90 Å². The highest BCUT2D eigenvalue weighted by molar-refractivity contribution is 6.09. The van der Waals surface area contributed by atoms with Crippen molar-refractivity contribution < 1.29 is 4.74 Å². The van der Waals surface area contributed by atoms with Gasteiger partial charge in [-0.2, -0.15) is 0 Å². The molecular weight excluding hydrogens is 366 g/mol. The number of rotatable bonds is 3. The Balaban J connectivity index is 1.58. The number of aryl methyl sites for hydroxylation is 1. The summed E-state index contributed by atoms with van der Waals surface area (Å²) in [7, 11) is 1.77. The molecule has 2 fully saturated rings. The van der Waals surface area contributed by atoms with E-state index in [0.717, 1.165) is 12.2 Å². The summed E-state index contributed by atoms with van der Waals surface area (Å²) in [6, 6.07) is 17.9. The fraction of sp³-hybridized carbons (Fsp3) is 0.429. The second-order valence-corrected chi connectivity index (χ2v) is 9.48. The maximum Gasteiger partial charge on any atom is 0.119 e. The third-order valence-corrected chi connectivity index (χ3v) is 8.10. The fourth-order valence-electron chi connectivity index (χ4n) is 6.81. The number of methoxy groups -OCH3 is 1. The van der Waals surface area contributed by atoms with Crippen LogP contribution in [0.15, 0.2) is 60.2 Å². The number of likely N-dealkylation sites (tertiary alicyclic amines) is 1. The number of ether oxygens (including phenoxy) is 1. The Morgan fingerprint density at radius 3 is 2.60 bits per heavy atom. The molecule has 1 heterocycles. The third kappa shape index (κ3) is 2.66. The quantitative estimate of drug-likeness (QED) is 0.618. The summed E-state index contributed by atoms with van der Waals surface area (Å²) in [5.41, 5.74) is 9.24. The summed E-state index contributed by atoms with van der Waals surface area (Å²) in [6.45, 7) is 2.54. The second-order valence-electron chi connectivity index (χ2n) is 9.48. The van der Waals surface area contributed by atoms with Crippen molar-refractivity contribution in [2.75, 3.05) is 20.2 Å². The number of allylic oxidation sites excluding steroid dienone is 2. The lowest BCUT2D eigenvalue weighted by Gasteiger charge is -2.48. The number of hydrogen-bond donors (Lipinski definition) is 0. The number of fused-ring (bicyclic) bond motifs is 4. The van der Waals surface area contributed by atoms with Crippen molar-refractivity contribution >= 4 is 11.1 Å². The Labute approximate surface area is 180 Å². The molecule has 2 nitrogen and oxygen atoms in total. The minimum Gasteiger partial charge on any atom is -0.497 e. The van der Waals surface area contributed by atoms with Gasteiger partial charge >= 0.3 is 0 Å². The van der Waals surface area contributed by atoms with Crippen LogP contribution in [0.5, 0.6) is 5.75 Å². The smallest absolute Gasteiger partial charge is 0.119 e. The van der Waals surface area contributed by atoms with Crippen LogP contribution >= 0.6 is 0 Å². The molecule has 2 heteroatoms. The van der Waals surface area contributed by atoms with Gasteiger partial charge in [0.15, 0.2) is 0 Å². The summed E-state index contributed by atoms with van der Waals surface area (Å²) in [5, 5.41) is 0. The van der Waals surface area contributed by atoms with E-state index in [1.165, 1.54) is 79.5 Å². The predicted molar refractivity (Wildman–Crippen MR) is 124 cm³/mol. The van der Waals surface area contributed by atoms with E-state index in [9.17, 15) is 0 Å². The first kappa shape index (κ1) is 18.4. The van der Waals surface area contributed by atoms with Gasteiger partial charge in [0.2, 0.25) is 0 Å². The molecule has 1 saturated heterocycles. The molecule has 0 radical (unpaired) electrons. The summed E-state index contributed by atoms with van der Waals surface area (Å²) < 4.78 is 5.54. The van der Waals surface area contributed by atoms with Crippen molar-refractivity contribution in [1.29, 1.82) is 0 Å². The van der Waals surface area contributed by atoms with Crippen LogP contribution in [-0.2, 0) is 6.42 Å². The molecule has 2 atom stereocenters. The van der Waals surface area contributed by atoms with Crippen LogP contribution in [-0.4, -0.2) is 30.6 Å². The number of hydrogen-bond acceptors (Lipinski definition) is 2. The van der Waals surface area contributed by atoms with Gasteiger partial charge < -0.3 is 4.74 Å². The van der Waals surface area contributed by atoms with Crippen LogP contribution in [0.1, 0.15) is 55.2 Å². The Kier molecular flexibility index (Phi) is 4.38. The van der Waals surface area contributed by atoms with E-state index >= 15 is 0 Å². The van der Waals surface area contributed by atoms with Crippen molar-refractivity contribution in [1.82, 2.24) is 4.90 Å². The summed E-state index contributed by atoms with van der Waals surface area (Å²) in [4.78, 5) is 2.85. The standard InChI is InChI=1S/C28H31NO/c1-30-22-12-14-23-21(18-22)11-13-24-26-10-7-15-28(26,29-16-5-6-17-29)19-25(27(23)24)20-8-3-2-4-9-20/h2-4,8-9,12,14,18-19,26H,5-7,10-11,13,15-17H2,1H3/t26-,28-/m1/s1. The Morgan fingerprint density at radius 2 is 1.80 bits per heavy atom. The first-order chi connectivity index (χ1) is 14.8. The average Bonchev–Trinajstić information content (AvgIpc) is 3.49. The van der Waals surface area contributed by atoms with Crippen LogP contribution in [0.4, 0.5) is 0 Å². The zero-order chi connectivity index (χ0) is 20.1. The maximum absolute atomic E-state index is 5.54. The van der Waals surface area contributed by atoms with Gasteiger partial charge in [0, 0.05) is 11.5 Å². The van der Waals surface area contributed by atoms with E-state index in [2.05, 4.69) is 59.5 Å². The van der Waals surface area contributed by atoms with E-state index in [4.69, 9.17) is 4.74 Å². The zero-order valence-electron chi connectivity index (χ0n) is 18.0. The van der Waals surface area contributed by atoms with Crippen LogP contribution in [0.2, 0.25) is 0 Å². The normalized spacial score (nSPS) is 28.0. The fourth-order valence-corrected chi connectivity index (χ4v) is 6.81. The zero-order valence-corrected chi connectivity index (χ0v) is 18.0. The molecule has 0 spiro atoms. The molecule has 4 aliphatic rings. The SMILES string of the molecule is COc1ccc2c(c1)CCC1=C2C(c2ccccc2)=C[C@]2(N3CCCC3)CCC[C@H]12. The van der Waals surface area contributed by atoms with Crippen molar-refractivity contribution in [3.8, 4) is 5.75 Å². The van der Waals surface area contributed by atoms with E-state index in [1.807, 2.05) is 0 Å². The molecule has 1 saturated carbocycles. The van der Waals surface area contributed by atoms with Crippen LogP contribution in [0.3, 0.4) is 0 Å². The molecule has 2 aromatic rings. The molecule has 0 N–H and O–H groups in total. The molecule has 0 bridgehead atoms. The van der Waals surface area contributed by atoms with E-state index in [0.29, 0.717) is 5.92 Å². The highest BCUT2D eigenvalue weighted by atomic mass is 16.5. The Hall–Kier alpha value is -2.32. The van der Waals surface area contributed by atoms with Crippen LogP contribution in [0, 0.1) is 5.92 Å². The molecule has 154 valence electrons. The van der Waals surface area contributed by atoms with Crippen molar-refractivity contribution in [2.24, 2.45) is 5.92 Å². The second kappa shape index (κ2) is 7.13. The van der Waals surface area contributed by atoms with E-state index < -0.39 is 0 Å². The number of nitrogens with zero attached hydrogens (tertiary/aromatic N) is 1. The largest absolute Gasteiger partial charge is 0.497 e. The van der Waals surface area contributed by atoms with Crippen molar-refractivity contribution in [3.05, 3.63) is 76.9 Å². The Bertz CT molecular complexity index is 1030. The lowest BCUT2D eigenvalue weighted by Crippen LogP contribution is -2.50. The average molecular weight is 398 g/mol. The number of benzene rings is 2. The highest BCUT2D eigenvalue weighted by Gasteiger charge is 2.51. The van der Waals surface area contributed by atoms with E-state index in [1.54, 1.807) is 12.7 Å². The third-order valence-electron chi connectivity index (χ3n) is 8.10. The van der Waals surface area contributed by atoms with Gasteiger partial charge in [-0.1, -0.05) is 54.5 Å². The first-order valence-corrected chi connectivity index (χ1v) is 11.7. The minimum atomic E-state index is 0.241. The van der Waals surface area contributed by atoms with Gasteiger partial charge in [0.25, 0.3) is 0 Å². The molecular formula is C28H31NO. The van der Waals surface area contributed by atoms with Crippen LogP contribution in [0.25, 0.3) is 11.1 Å². The maximum atomic E-state index is 5.54. The topological polar surface area (TPSA) is 12.5 Å². The first-order valence-electron chi connectivity index (χ1n) is 11.7. The predicted octanol–water partition coefficient (Wildman–Crippen LogP) is 6.13. The lowest BCUT2D eigenvalue weighted by atomic mass is 9.65. The molecule has 3 aliphatic carbocycles. The van der Waals surface area contributed by atoms with Crippen LogP contribution < -0.4 is 4.74 Å². The van der Waals surface area contributed by atoms with Gasteiger partial charge in [-0.05, 0) is 91.6 Å². The van der Waals surface area contributed by atoms with Gasteiger partial charge in [0.1, 0.15) is 5.75 Å². The summed E-state index contributed by atoms with van der Waals surface area (Å²) in [5.74, 6) is 1.67. The highest BCUT2D eigenvalue weighted by Crippen LogP contribution is 2.57. The summed E-state index contributed by atoms with van der Waals surface area (Å²) >= 11 is 0. The molecule has 0 aromatic heterocycles. The molecule has 2 aromatic carbocycles. The molecule has 30 heavy (non-hydrogen) atoms. The monoisotopic (exact) mass is 397 g/mol. The molecule has 6 rings (SSSR count). The summed E-state index contributed by atoms with van der Waals surface area (Å²) in [6.07, 6.45) is 11.8. The molecule has 0 unspecified atom stereocenters. The molecule has 0 amide bonds. The lowest BCUT2D eigenvalue weighted by molar-refractivity contribution is 0.135.